The molecule has 1 saturated carbocycles. The van der Waals surface area contributed by atoms with Gasteiger partial charge in [-0.3, -0.25) is 4.79 Å². The van der Waals surface area contributed by atoms with Gasteiger partial charge in [0.25, 0.3) is 5.56 Å². The van der Waals surface area contributed by atoms with Crippen LogP contribution in [0.25, 0.3) is 0 Å². The fraction of sp³-hybridized carbons (Fsp3) is 0.600. The molecule has 2 rings (SSSR count). The summed E-state index contributed by atoms with van der Waals surface area (Å²) in [4.78, 5) is 18.9. The second kappa shape index (κ2) is 4.70. The van der Waals surface area contributed by atoms with Crippen molar-refractivity contribution in [1.82, 2.24) is 9.97 Å². The molecule has 1 N–H and O–H groups in total. The largest absolute Gasteiger partial charge is 0.309 e. The number of H-pyrrole nitrogens is 1. The van der Waals surface area contributed by atoms with Crippen LogP contribution in [-0.4, -0.2) is 15.7 Å². The van der Waals surface area contributed by atoms with Gasteiger partial charge < -0.3 is 4.98 Å². The zero-order valence-corrected chi connectivity index (χ0v) is 10.9. The van der Waals surface area contributed by atoms with E-state index in [0.717, 1.165) is 35.9 Å². The molecule has 1 heterocycles. The van der Waals surface area contributed by atoms with Gasteiger partial charge in [0, 0.05) is 5.92 Å². The zero-order chi connectivity index (χ0) is 10.8. The second-order valence-electron chi connectivity index (χ2n) is 3.62. The second-order valence-corrected chi connectivity index (χ2v) is 5.69. The SMILES string of the molecule is CCSCc1nc(C2CC2)c(Br)c(=O)[nH]1. The van der Waals surface area contributed by atoms with Crippen molar-refractivity contribution in [3.8, 4) is 0 Å². The number of hydrogen-bond donors (Lipinski definition) is 1. The molecule has 0 bridgehead atoms. The Morgan fingerprint density at radius 3 is 2.93 bits per heavy atom. The van der Waals surface area contributed by atoms with Crippen molar-refractivity contribution in [3.63, 3.8) is 0 Å². The van der Waals surface area contributed by atoms with E-state index in [1.54, 1.807) is 11.8 Å². The zero-order valence-electron chi connectivity index (χ0n) is 8.55. The topological polar surface area (TPSA) is 45.8 Å². The Kier molecular flexibility index (Phi) is 3.51. The first-order valence-electron chi connectivity index (χ1n) is 5.08. The average molecular weight is 289 g/mol. The first-order chi connectivity index (χ1) is 7.22. The van der Waals surface area contributed by atoms with Crippen molar-refractivity contribution in [3.05, 3.63) is 26.3 Å². The number of hydrogen-bond acceptors (Lipinski definition) is 3. The molecule has 0 atom stereocenters. The van der Waals surface area contributed by atoms with Crippen LogP contribution in [0.4, 0.5) is 0 Å². The molecule has 5 heteroatoms. The lowest BCUT2D eigenvalue weighted by Crippen LogP contribution is -2.14. The molecule has 0 spiro atoms. The minimum absolute atomic E-state index is 0.0430. The van der Waals surface area contributed by atoms with E-state index in [4.69, 9.17) is 0 Å². The lowest BCUT2D eigenvalue weighted by atomic mass is 10.3. The minimum Gasteiger partial charge on any atom is -0.309 e. The van der Waals surface area contributed by atoms with Crippen molar-refractivity contribution in [1.29, 1.82) is 0 Å². The van der Waals surface area contributed by atoms with Crippen LogP contribution in [0.2, 0.25) is 0 Å². The number of nitrogens with one attached hydrogen (secondary N) is 1. The molecule has 0 aromatic carbocycles. The maximum absolute atomic E-state index is 11.6. The predicted molar refractivity (Wildman–Crippen MR) is 66.4 cm³/mol. The summed E-state index contributed by atoms with van der Waals surface area (Å²) in [6.45, 7) is 2.10. The highest BCUT2D eigenvalue weighted by molar-refractivity contribution is 9.10. The summed E-state index contributed by atoms with van der Waals surface area (Å²) in [6, 6.07) is 0. The van der Waals surface area contributed by atoms with E-state index in [2.05, 4.69) is 32.8 Å². The smallest absolute Gasteiger partial charge is 0.265 e. The summed E-state index contributed by atoms with van der Waals surface area (Å²) >= 11 is 5.08. The summed E-state index contributed by atoms with van der Waals surface area (Å²) in [5.41, 5.74) is 0.907. The fourth-order valence-corrected chi connectivity index (χ4v) is 2.46. The van der Waals surface area contributed by atoms with Gasteiger partial charge in [0.2, 0.25) is 0 Å². The quantitative estimate of drug-likeness (QED) is 0.927. The highest BCUT2D eigenvalue weighted by atomic mass is 79.9. The van der Waals surface area contributed by atoms with E-state index in [-0.39, 0.29) is 5.56 Å². The van der Waals surface area contributed by atoms with Crippen molar-refractivity contribution in [2.75, 3.05) is 5.75 Å². The van der Waals surface area contributed by atoms with Gasteiger partial charge >= 0.3 is 0 Å². The van der Waals surface area contributed by atoms with Crippen LogP contribution in [-0.2, 0) is 5.75 Å². The van der Waals surface area contributed by atoms with Crippen molar-refractivity contribution in [2.45, 2.75) is 31.4 Å². The maximum Gasteiger partial charge on any atom is 0.265 e. The van der Waals surface area contributed by atoms with Crippen LogP contribution < -0.4 is 5.56 Å². The lowest BCUT2D eigenvalue weighted by molar-refractivity contribution is 0.899. The van der Waals surface area contributed by atoms with Gasteiger partial charge in [-0.1, -0.05) is 6.92 Å². The highest BCUT2D eigenvalue weighted by Crippen LogP contribution is 2.41. The first-order valence-corrected chi connectivity index (χ1v) is 7.03. The van der Waals surface area contributed by atoms with Crippen molar-refractivity contribution in [2.24, 2.45) is 0 Å². The molecule has 0 radical (unpaired) electrons. The fourth-order valence-electron chi connectivity index (χ4n) is 1.42. The number of aromatic amines is 1. The van der Waals surface area contributed by atoms with Gasteiger partial charge in [0.05, 0.1) is 11.4 Å². The Bertz CT molecular complexity index is 414. The number of aromatic nitrogens is 2. The van der Waals surface area contributed by atoms with Crippen LogP contribution in [0.3, 0.4) is 0 Å². The monoisotopic (exact) mass is 288 g/mol. The van der Waals surface area contributed by atoms with E-state index < -0.39 is 0 Å². The van der Waals surface area contributed by atoms with Gasteiger partial charge in [-0.25, -0.2) is 4.98 Å². The molecule has 1 aliphatic rings. The van der Waals surface area contributed by atoms with Gasteiger partial charge in [-0.15, -0.1) is 0 Å². The summed E-state index contributed by atoms with van der Waals surface area (Å²) in [6.07, 6.45) is 2.32. The van der Waals surface area contributed by atoms with Crippen LogP contribution in [0.5, 0.6) is 0 Å². The molecule has 3 nitrogen and oxygen atoms in total. The van der Waals surface area contributed by atoms with E-state index in [1.165, 1.54) is 0 Å². The highest BCUT2D eigenvalue weighted by Gasteiger charge is 2.28. The van der Waals surface area contributed by atoms with Crippen molar-refractivity contribution >= 4 is 27.7 Å². The van der Waals surface area contributed by atoms with E-state index >= 15 is 0 Å². The molecule has 1 aliphatic carbocycles. The molecular weight excluding hydrogens is 276 g/mol. The van der Waals surface area contributed by atoms with Gasteiger partial charge in [0.15, 0.2) is 0 Å². The molecule has 0 saturated heterocycles. The van der Waals surface area contributed by atoms with E-state index in [1.807, 2.05) is 0 Å². The van der Waals surface area contributed by atoms with E-state index in [9.17, 15) is 4.79 Å². The molecule has 0 amide bonds. The average Bonchev–Trinajstić information content (AvgIpc) is 3.03. The number of thioether (sulfide) groups is 1. The van der Waals surface area contributed by atoms with Gasteiger partial charge in [-0.2, -0.15) is 11.8 Å². The number of rotatable bonds is 4. The Morgan fingerprint density at radius 2 is 2.33 bits per heavy atom. The predicted octanol–water partition coefficient (Wildman–Crippen LogP) is 2.66. The first kappa shape index (κ1) is 11.2. The van der Waals surface area contributed by atoms with E-state index in [0.29, 0.717) is 10.4 Å². The third kappa shape index (κ3) is 2.64. The van der Waals surface area contributed by atoms with Crippen LogP contribution in [0, 0.1) is 0 Å². The molecule has 82 valence electrons. The molecular formula is C10H13BrN2OS. The Balaban J connectivity index is 2.29. The summed E-state index contributed by atoms with van der Waals surface area (Å²) in [5.74, 6) is 3.14. The molecule has 1 fully saturated rings. The van der Waals surface area contributed by atoms with Crippen LogP contribution >= 0.6 is 27.7 Å². The lowest BCUT2D eigenvalue weighted by Gasteiger charge is -2.04. The molecule has 1 aromatic heterocycles. The number of nitrogens with zero attached hydrogens (tertiary/aromatic N) is 1. The third-order valence-electron chi connectivity index (χ3n) is 2.34. The Morgan fingerprint density at radius 1 is 1.60 bits per heavy atom. The van der Waals surface area contributed by atoms with Crippen LogP contribution in [0.15, 0.2) is 9.27 Å². The number of halogens is 1. The normalized spacial score (nSPS) is 15.6. The maximum atomic E-state index is 11.6. The standard InChI is InChI=1S/C10H13BrN2OS/c1-2-15-5-7-12-9(6-3-4-6)8(11)10(14)13-7/h6H,2-5H2,1H3,(H,12,13,14). The molecule has 1 aromatic rings. The minimum atomic E-state index is -0.0430. The van der Waals surface area contributed by atoms with Gasteiger partial charge in [0.1, 0.15) is 10.3 Å². The summed E-state index contributed by atoms with van der Waals surface area (Å²) < 4.78 is 0.621. The van der Waals surface area contributed by atoms with Crippen LogP contribution in [0.1, 0.15) is 37.2 Å². The Hall–Kier alpha value is -0.290. The summed E-state index contributed by atoms with van der Waals surface area (Å²) in [7, 11) is 0. The molecule has 15 heavy (non-hydrogen) atoms. The molecule has 0 aliphatic heterocycles. The van der Waals surface area contributed by atoms with Crippen molar-refractivity contribution < 1.29 is 0 Å². The van der Waals surface area contributed by atoms with Gasteiger partial charge in [-0.05, 0) is 34.5 Å². The summed E-state index contributed by atoms with van der Waals surface area (Å²) in [5, 5.41) is 0. The third-order valence-corrected chi connectivity index (χ3v) is 4.00. The molecule has 0 unspecified atom stereocenters. The Labute approximate surface area is 101 Å².